The first kappa shape index (κ1) is 26.5. The Balaban J connectivity index is 1.34. The first-order valence-corrected chi connectivity index (χ1v) is 13.2. The van der Waals surface area contributed by atoms with Gasteiger partial charge in [0.05, 0.1) is 6.10 Å². The van der Waals surface area contributed by atoms with Gasteiger partial charge in [-0.1, -0.05) is 43.0 Å². The van der Waals surface area contributed by atoms with Gasteiger partial charge in [0, 0.05) is 0 Å². The lowest BCUT2D eigenvalue weighted by Crippen LogP contribution is -2.23. The minimum atomic E-state index is -0.683. The molecule has 0 saturated heterocycles. The molecule has 0 radical (unpaired) electrons. The van der Waals surface area contributed by atoms with Crippen molar-refractivity contribution >= 4 is 6.08 Å². The van der Waals surface area contributed by atoms with Gasteiger partial charge in [0.2, 0.25) is 0 Å². The molecular formula is C31H37F3O2. The van der Waals surface area contributed by atoms with Crippen molar-refractivity contribution < 1.29 is 23.0 Å². The Kier molecular flexibility index (Phi) is 8.95. The van der Waals surface area contributed by atoms with E-state index in [4.69, 9.17) is 4.74 Å². The average molecular weight is 499 g/mol. The van der Waals surface area contributed by atoms with Crippen LogP contribution >= 0.6 is 0 Å². The normalized spacial score (nSPS) is 25.6. The molecule has 0 heterocycles. The zero-order chi connectivity index (χ0) is 25.7. The van der Waals surface area contributed by atoms with Crippen molar-refractivity contribution in [2.24, 2.45) is 11.8 Å². The molecule has 4 rings (SSSR count). The number of aliphatic hydroxyl groups is 1. The molecule has 0 aliphatic heterocycles. The maximum absolute atomic E-state index is 15.1. The highest BCUT2D eigenvalue weighted by molar-refractivity contribution is 5.51. The Bertz CT molecular complexity index is 1060. The first-order valence-electron chi connectivity index (χ1n) is 13.2. The van der Waals surface area contributed by atoms with E-state index in [0.29, 0.717) is 17.0 Å². The highest BCUT2D eigenvalue weighted by atomic mass is 19.2. The molecule has 2 nitrogen and oxygen atoms in total. The van der Waals surface area contributed by atoms with Gasteiger partial charge in [0.15, 0.2) is 23.2 Å². The maximum atomic E-state index is 15.1. The molecule has 0 amide bonds. The van der Waals surface area contributed by atoms with E-state index >= 15 is 8.78 Å². The molecule has 0 bridgehead atoms. The monoisotopic (exact) mass is 498 g/mol. The van der Waals surface area contributed by atoms with Crippen LogP contribution in [0.15, 0.2) is 49.1 Å². The van der Waals surface area contributed by atoms with E-state index in [0.717, 1.165) is 56.9 Å². The summed E-state index contributed by atoms with van der Waals surface area (Å²) in [6.07, 6.45) is 11.9. The van der Waals surface area contributed by atoms with Crippen LogP contribution in [0.1, 0.15) is 86.8 Å². The SMILES string of the molecule is C=CCOc1ccc(/C=C/C2CCC(c3ccc(C4CCC(C(C)O)CC4)c(F)c3F)CC2)cc1F. The van der Waals surface area contributed by atoms with Gasteiger partial charge in [-0.3, -0.25) is 0 Å². The topological polar surface area (TPSA) is 29.5 Å². The predicted molar refractivity (Wildman–Crippen MR) is 139 cm³/mol. The third kappa shape index (κ3) is 6.23. The maximum Gasteiger partial charge on any atom is 0.165 e. The van der Waals surface area contributed by atoms with E-state index < -0.39 is 17.5 Å². The minimum Gasteiger partial charge on any atom is -0.486 e. The number of benzene rings is 2. The Morgan fingerprint density at radius 2 is 1.50 bits per heavy atom. The van der Waals surface area contributed by atoms with E-state index in [9.17, 15) is 9.50 Å². The van der Waals surface area contributed by atoms with E-state index in [1.807, 2.05) is 19.1 Å². The van der Waals surface area contributed by atoms with Crippen LogP contribution in [0.25, 0.3) is 6.08 Å². The summed E-state index contributed by atoms with van der Waals surface area (Å²) in [5, 5.41) is 9.81. The molecule has 1 atom stereocenters. The lowest BCUT2D eigenvalue weighted by molar-refractivity contribution is 0.0963. The molecule has 0 aromatic heterocycles. The summed E-state index contributed by atoms with van der Waals surface area (Å²) in [6, 6.07) is 8.49. The van der Waals surface area contributed by atoms with Crippen molar-refractivity contribution in [2.75, 3.05) is 6.61 Å². The van der Waals surface area contributed by atoms with Gasteiger partial charge in [-0.15, -0.1) is 0 Å². The van der Waals surface area contributed by atoms with Crippen LogP contribution in [-0.4, -0.2) is 17.8 Å². The van der Waals surface area contributed by atoms with Gasteiger partial charge in [0.1, 0.15) is 6.61 Å². The van der Waals surface area contributed by atoms with Gasteiger partial charge in [-0.2, -0.15) is 0 Å². The second-order valence-electron chi connectivity index (χ2n) is 10.5. The Morgan fingerprint density at radius 1 is 0.917 bits per heavy atom. The van der Waals surface area contributed by atoms with Crippen molar-refractivity contribution in [3.8, 4) is 5.75 Å². The second kappa shape index (κ2) is 12.1. The molecule has 2 aromatic rings. The molecule has 2 saturated carbocycles. The Labute approximate surface area is 212 Å². The first-order chi connectivity index (χ1) is 17.4. The summed E-state index contributed by atoms with van der Waals surface area (Å²) in [5.74, 6) is -0.930. The van der Waals surface area contributed by atoms with Gasteiger partial charge < -0.3 is 9.84 Å². The van der Waals surface area contributed by atoms with Crippen LogP contribution in [0.5, 0.6) is 5.75 Å². The molecule has 1 N–H and O–H groups in total. The van der Waals surface area contributed by atoms with E-state index in [1.54, 1.807) is 24.3 Å². The molecular weight excluding hydrogens is 461 g/mol. The smallest absolute Gasteiger partial charge is 0.165 e. The third-order valence-electron chi connectivity index (χ3n) is 8.12. The quantitative estimate of drug-likeness (QED) is 0.371. The van der Waals surface area contributed by atoms with Crippen LogP contribution in [0.2, 0.25) is 0 Å². The highest BCUT2D eigenvalue weighted by Gasteiger charge is 2.30. The van der Waals surface area contributed by atoms with Crippen LogP contribution in [-0.2, 0) is 0 Å². The molecule has 1 unspecified atom stereocenters. The van der Waals surface area contributed by atoms with Gasteiger partial charge in [-0.25, -0.2) is 13.2 Å². The van der Waals surface area contributed by atoms with E-state index in [1.165, 1.54) is 6.07 Å². The van der Waals surface area contributed by atoms with Crippen LogP contribution in [0, 0.1) is 29.3 Å². The lowest BCUT2D eigenvalue weighted by atomic mass is 9.75. The molecule has 2 fully saturated rings. The summed E-state index contributed by atoms with van der Waals surface area (Å²) in [6.45, 7) is 5.63. The number of aliphatic hydroxyl groups excluding tert-OH is 1. The third-order valence-corrected chi connectivity index (χ3v) is 8.12. The van der Waals surface area contributed by atoms with Crippen LogP contribution in [0.3, 0.4) is 0 Å². The Hall–Kier alpha value is -2.53. The zero-order valence-electron chi connectivity index (χ0n) is 21.1. The number of hydrogen-bond donors (Lipinski definition) is 1. The molecule has 2 aromatic carbocycles. The summed E-state index contributed by atoms with van der Waals surface area (Å²) >= 11 is 0. The molecule has 0 spiro atoms. The standard InChI is InChI=1S/C31H37F3O2/c1-3-18-36-29-17-8-22(19-28(29)32)5-4-21-6-9-24(10-7-21)26-15-16-27(31(34)30(26)33)25-13-11-23(12-14-25)20(2)35/h3-5,8,15-17,19-21,23-25,35H,1,6-7,9-14,18H2,2H3/b5-4+. The van der Waals surface area contributed by atoms with Crippen molar-refractivity contribution in [2.45, 2.75) is 76.2 Å². The second-order valence-corrected chi connectivity index (χ2v) is 10.5. The van der Waals surface area contributed by atoms with E-state index in [-0.39, 0.29) is 36.2 Å². The minimum absolute atomic E-state index is 0.0166. The van der Waals surface area contributed by atoms with E-state index in [2.05, 4.69) is 12.7 Å². The number of ether oxygens (including phenoxy) is 1. The fraction of sp³-hybridized carbons (Fsp3) is 0.484. The zero-order valence-corrected chi connectivity index (χ0v) is 21.1. The molecule has 194 valence electrons. The van der Waals surface area contributed by atoms with Gasteiger partial charge in [0.25, 0.3) is 0 Å². The Morgan fingerprint density at radius 3 is 2.03 bits per heavy atom. The molecule has 2 aliphatic carbocycles. The molecule has 2 aliphatic rings. The summed E-state index contributed by atoms with van der Waals surface area (Å²) in [5.41, 5.74) is 1.75. The fourth-order valence-electron chi connectivity index (χ4n) is 5.88. The van der Waals surface area contributed by atoms with Crippen molar-refractivity contribution in [1.29, 1.82) is 0 Å². The average Bonchev–Trinajstić information content (AvgIpc) is 2.89. The number of halogens is 3. The number of hydrogen-bond acceptors (Lipinski definition) is 2. The number of allylic oxidation sites excluding steroid dienone is 1. The van der Waals surface area contributed by atoms with Gasteiger partial charge in [-0.05, 0) is 111 Å². The highest BCUT2D eigenvalue weighted by Crippen LogP contribution is 2.42. The lowest BCUT2D eigenvalue weighted by Gasteiger charge is -2.31. The fourth-order valence-corrected chi connectivity index (χ4v) is 5.88. The predicted octanol–water partition coefficient (Wildman–Crippen LogP) is 8.31. The summed E-state index contributed by atoms with van der Waals surface area (Å²) in [7, 11) is 0. The van der Waals surface area contributed by atoms with Crippen LogP contribution < -0.4 is 4.74 Å². The van der Waals surface area contributed by atoms with Crippen molar-refractivity contribution in [1.82, 2.24) is 0 Å². The van der Waals surface area contributed by atoms with Gasteiger partial charge >= 0.3 is 0 Å². The summed E-state index contributed by atoms with van der Waals surface area (Å²) < 4.78 is 49.7. The van der Waals surface area contributed by atoms with Crippen LogP contribution in [0.4, 0.5) is 13.2 Å². The molecule has 36 heavy (non-hydrogen) atoms. The number of rotatable bonds is 8. The van der Waals surface area contributed by atoms with Crippen molar-refractivity contribution in [3.63, 3.8) is 0 Å². The largest absolute Gasteiger partial charge is 0.486 e. The molecule has 5 heteroatoms. The van der Waals surface area contributed by atoms with Crippen molar-refractivity contribution in [3.05, 3.63) is 83.2 Å². The summed E-state index contributed by atoms with van der Waals surface area (Å²) in [4.78, 5) is 0.